The van der Waals surface area contributed by atoms with Gasteiger partial charge >= 0.3 is 5.97 Å². The van der Waals surface area contributed by atoms with Gasteiger partial charge in [0.2, 0.25) is 0 Å². The van der Waals surface area contributed by atoms with Crippen LogP contribution in [0.5, 0.6) is 0 Å². The van der Waals surface area contributed by atoms with Crippen molar-refractivity contribution in [2.45, 2.75) is 17.9 Å². The zero-order valence-corrected chi connectivity index (χ0v) is 6.88. The Morgan fingerprint density at radius 2 is 2.22 bits per heavy atom. The van der Waals surface area contributed by atoms with Crippen LogP contribution in [0, 0.1) is 0 Å². The Morgan fingerprint density at radius 1 is 1.78 bits per heavy atom. The molecule has 0 aromatic rings. The van der Waals surface area contributed by atoms with Gasteiger partial charge in [-0.05, 0) is 6.92 Å². The van der Waals surface area contributed by atoms with Crippen LogP contribution in [0.2, 0.25) is 0 Å². The number of halogens is 1. The molecule has 2 atom stereocenters. The molecule has 0 unspecified atom stereocenters. The number of hydrogen-bond acceptors (Lipinski definition) is 2. The fourth-order valence-electron chi connectivity index (χ4n) is 0.320. The molecule has 0 aliphatic carbocycles. The number of ether oxygens (including phenoxy) is 1. The SMILES string of the molecule is CO[C@@H](C)[C@@H](Br)C(=O)O. The predicted octanol–water partition coefficient (Wildman–Crippen LogP) is 0.869. The fraction of sp³-hybridized carbons (Fsp3) is 0.800. The lowest BCUT2D eigenvalue weighted by Gasteiger charge is -2.11. The van der Waals surface area contributed by atoms with Crippen molar-refractivity contribution >= 4 is 21.9 Å². The van der Waals surface area contributed by atoms with E-state index in [-0.39, 0.29) is 6.10 Å². The number of carbonyl (C=O) groups is 1. The van der Waals surface area contributed by atoms with Crippen LogP contribution in [-0.2, 0) is 9.53 Å². The van der Waals surface area contributed by atoms with Gasteiger partial charge < -0.3 is 9.84 Å². The van der Waals surface area contributed by atoms with Gasteiger partial charge in [-0.1, -0.05) is 15.9 Å². The minimum atomic E-state index is -0.899. The first kappa shape index (κ1) is 8.91. The maximum absolute atomic E-state index is 10.2. The van der Waals surface area contributed by atoms with Gasteiger partial charge in [-0.15, -0.1) is 0 Å². The lowest BCUT2D eigenvalue weighted by molar-refractivity contribution is -0.138. The normalized spacial score (nSPS) is 16.8. The lowest BCUT2D eigenvalue weighted by atomic mass is 10.3. The van der Waals surface area contributed by atoms with Gasteiger partial charge in [0, 0.05) is 7.11 Å². The number of carboxylic acids is 1. The summed E-state index contributed by atoms with van der Waals surface area (Å²) in [4.78, 5) is 9.56. The molecule has 0 saturated carbocycles. The van der Waals surface area contributed by atoms with Crippen molar-refractivity contribution in [1.29, 1.82) is 0 Å². The van der Waals surface area contributed by atoms with Gasteiger partial charge in [-0.25, -0.2) is 0 Å². The Bertz CT molecular complexity index is 104. The van der Waals surface area contributed by atoms with Crippen LogP contribution in [0.3, 0.4) is 0 Å². The van der Waals surface area contributed by atoms with E-state index in [0.29, 0.717) is 0 Å². The Morgan fingerprint density at radius 3 is 2.33 bits per heavy atom. The largest absolute Gasteiger partial charge is 0.480 e. The minimum Gasteiger partial charge on any atom is -0.480 e. The molecule has 9 heavy (non-hydrogen) atoms. The molecular weight excluding hydrogens is 188 g/mol. The highest BCUT2D eigenvalue weighted by atomic mass is 79.9. The summed E-state index contributed by atoms with van der Waals surface area (Å²) in [5, 5.41) is 8.36. The molecule has 0 aromatic carbocycles. The maximum Gasteiger partial charge on any atom is 0.319 e. The summed E-state index contributed by atoms with van der Waals surface area (Å²) in [6.45, 7) is 1.69. The third-order valence-electron chi connectivity index (χ3n) is 1.02. The van der Waals surface area contributed by atoms with Crippen molar-refractivity contribution in [1.82, 2.24) is 0 Å². The van der Waals surface area contributed by atoms with Crippen LogP contribution in [0.4, 0.5) is 0 Å². The smallest absolute Gasteiger partial charge is 0.319 e. The molecule has 0 aliphatic rings. The number of alkyl halides is 1. The molecule has 1 N–H and O–H groups in total. The van der Waals surface area contributed by atoms with Crippen molar-refractivity contribution < 1.29 is 14.6 Å². The van der Waals surface area contributed by atoms with E-state index in [1.165, 1.54) is 7.11 Å². The summed E-state index contributed by atoms with van der Waals surface area (Å²) in [7, 11) is 1.47. The molecule has 0 saturated heterocycles. The van der Waals surface area contributed by atoms with Gasteiger partial charge in [0.25, 0.3) is 0 Å². The Labute approximate surface area is 62.1 Å². The molecule has 54 valence electrons. The highest BCUT2D eigenvalue weighted by Crippen LogP contribution is 2.07. The second-order valence-electron chi connectivity index (χ2n) is 1.68. The Balaban J connectivity index is 3.72. The van der Waals surface area contributed by atoms with Crippen LogP contribution in [-0.4, -0.2) is 29.1 Å². The van der Waals surface area contributed by atoms with Crippen LogP contribution >= 0.6 is 15.9 Å². The average molecular weight is 197 g/mol. The standard InChI is InChI=1S/C5H9BrO3/c1-3(9-2)4(6)5(7)8/h3-4H,1-2H3,(H,7,8)/t3-,4+/m0/s1. The Hall–Kier alpha value is -0.0900. The van der Waals surface area contributed by atoms with Crippen molar-refractivity contribution in [3.63, 3.8) is 0 Å². The van der Waals surface area contributed by atoms with E-state index in [4.69, 9.17) is 9.84 Å². The summed E-state index contributed by atoms with van der Waals surface area (Å²) in [6.07, 6.45) is -0.289. The van der Waals surface area contributed by atoms with E-state index in [9.17, 15) is 4.79 Å². The first-order chi connectivity index (χ1) is 4.09. The summed E-state index contributed by atoms with van der Waals surface area (Å²) in [6, 6.07) is 0. The average Bonchev–Trinajstić information content (AvgIpc) is 1.84. The maximum atomic E-state index is 10.2. The zero-order chi connectivity index (χ0) is 7.44. The van der Waals surface area contributed by atoms with E-state index in [1.807, 2.05) is 0 Å². The number of rotatable bonds is 3. The van der Waals surface area contributed by atoms with Crippen molar-refractivity contribution in [2.24, 2.45) is 0 Å². The fourth-order valence-corrected chi connectivity index (χ4v) is 0.536. The topological polar surface area (TPSA) is 46.5 Å². The third-order valence-corrected chi connectivity index (χ3v) is 2.16. The van der Waals surface area contributed by atoms with E-state index in [2.05, 4.69) is 15.9 Å². The third kappa shape index (κ3) is 2.81. The van der Waals surface area contributed by atoms with Crippen molar-refractivity contribution in [2.75, 3.05) is 7.11 Å². The monoisotopic (exact) mass is 196 g/mol. The van der Waals surface area contributed by atoms with E-state index in [0.717, 1.165) is 0 Å². The molecule has 0 spiro atoms. The molecule has 0 fully saturated rings. The van der Waals surface area contributed by atoms with Crippen molar-refractivity contribution in [3.8, 4) is 0 Å². The summed E-state index contributed by atoms with van der Waals surface area (Å²) in [5.41, 5.74) is 0. The van der Waals surface area contributed by atoms with Crippen LogP contribution in [0.15, 0.2) is 0 Å². The highest BCUT2D eigenvalue weighted by molar-refractivity contribution is 9.10. The molecule has 0 radical (unpaired) electrons. The summed E-state index contributed by atoms with van der Waals surface area (Å²) < 4.78 is 4.75. The van der Waals surface area contributed by atoms with Crippen LogP contribution < -0.4 is 0 Å². The summed E-state index contributed by atoms with van der Waals surface area (Å²) >= 11 is 2.94. The van der Waals surface area contributed by atoms with Crippen LogP contribution in [0.1, 0.15) is 6.92 Å². The van der Waals surface area contributed by atoms with E-state index < -0.39 is 10.8 Å². The quantitative estimate of drug-likeness (QED) is 0.682. The number of carboxylic acid groups (broad SMARTS) is 1. The molecule has 4 heteroatoms. The van der Waals surface area contributed by atoms with Gasteiger partial charge in [-0.2, -0.15) is 0 Å². The second-order valence-corrected chi connectivity index (χ2v) is 2.67. The van der Waals surface area contributed by atoms with Gasteiger partial charge in [0.05, 0.1) is 6.10 Å². The predicted molar refractivity (Wildman–Crippen MR) is 36.8 cm³/mol. The number of aliphatic carboxylic acids is 1. The first-order valence-electron chi connectivity index (χ1n) is 2.49. The van der Waals surface area contributed by atoms with Gasteiger partial charge in [0.15, 0.2) is 0 Å². The zero-order valence-electron chi connectivity index (χ0n) is 5.30. The second kappa shape index (κ2) is 3.85. The molecule has 0 rings (SSSR count). The molecule has 0 aromatic heterocycles. The highest BCUT2D eigenvalue weighted by Gasteiger charge is 2.20. The Kier molecular flexibility index (Phi) is 3.81. The molecular formula is C5H9BrO3. The van der Waals surface area contributed by atoms with Gasteiger partial charge in [-0.3, -0.25) is 4.79 Å². The lowest BCUT2D eigenvalue weighted by Crippen LogP contribution is -2.27. The molecule has 0 aliphatic heterocycles. The minimum absolute atomic E-state index is 0.289. The number of methoxy groups -OCH3 is 1. The number of hydrogen-bond donors (Lipinski definition) is 1. The molecule has 0 bridgehead atoms. The van der Waals surface area contributed by atoms with Gasteiger partial charge in [0.1, 0.15) is 4.83 Å². The van der Waals surface area contributed by atoms with Crippen LogP contribution in [0.25, 0.3) is 0 Å². The van der Waals surface area contributed by atoms with Crippen molar-refractivity contribution in [3.05, 3.63) is 0 Å². The first-order valence-corrected chi connectivity index (χ1v) is 3.40. The summed E-state index contributed by atoms with van der Waals surface area (Å²) in [5.74, 6) is -0.899. The molecule has 0 heterocycles. The molecule has 3 nitrogen and oxygen atoms in total. The molecule has 0 amide bonds. The van der Waals surface area contributed by atoms with E-state index >= 15 is 0 Å². The van der Waals surface area contributed by atoms with E-state index in [1.54, 1.807) is 6.92 Å².